The Morgan fingerprint density at radius 2 is 1.68 bits per heavy atom. The summed E-state index contributed by atoms with van der Waals surface area (Å²) in [7, 11) is 1.69. The van der Waals surface area contributed by atoms with E-state index in [1.807, 2.05) is 22.9 Å². The number of methoxy groups -OCH3 is 1. The van der Waals surface area contributed by atoms with Gasteiger partial charge in [-0.15, -0.1) is 0 Å². The Morgan fingerprint density at radius 3 is 2.39 bits per heavy atom. The number of nitrogens with zero attached hydrogens (tertiary/aromatic N) is 5. The largest absolute Gasteiger partial charge is 0.497 e. The molecule has 0 bridgehead atoms. The third-order valence-corrected chi connectivity index (χ3v) is 5.70. The van der Waals surface area contributed by atoms with Gasteiger partial charge in [0.1, 0.15) is 5.75 Å². The average Bonchev–Trinajstić information content (AvgIpc) is 3.15. The van der Waals surface area contributed by atoms with Gasteiger partial charge in [0.2, 0.25) is 0 Å². The quantitative estimate of drug-likeness (QED) is 0.754. The Balaban J connectivity index is 1.33. The van der Waals surface area contributed by atoms with Gasteiger partial charge in [0.05, 0.1) is 26.0 Å². The molecule has 0 N–H and O–H groups in total. The van der Waals surface area contributed by atoms with Crippen LogP contribution >= 0.6 is 0 Å². The van der Waals surface area contributed by atoms with E-state index in [2.05, 4.69) is 33.8 Å². The van der Waals surface area contributed by atoms with Gasteiger partial charge in [-0.3, -0.25) is 9.80 Å². The van der Waals surface area contributed by atoms with E-state index in [-0.39, 0.29) is 0 Å². The summed E-state index contributed by atoms with van der Waals surface area (Å²) in [4.78, 5) is 7.47. The van der Waals surface area contributed by atoms with Crippen LogP contribution < -0.4 is 9.64 Å². The molecule has 0 unspecified atom stereocenters. The van der Waals surface area contributed by atoms with Crippen LogP contribution in [0.1, 0.15) is 5.69 Å². The normalized spacial score (nSPS) is 19.1. The van der Waals surface area contributed by atoms with Gasteiger partial charge in [0.15, 0.2) is 5.82 Å². The number of morpholine rings is 1. The van der Waals surface area contributed by atoms with Crippen LogP contribution in [0.2, 0.25) is 0 Å². The zero-order valence-electron chi connectivity index (χ0n) is 17.0. The summed E-state index contributed by atoms with van der Waals surface area (Å²) in [6, 6.07) is 10.2. The first-order valence-electron chi connectivity index (χ1n) is 10.2. The summed E-state index contributed by atoms with van der Waals surface area (Å²) in [5.74, 6) is 1.91. The molecule has 152 valence electrons. The zero-order chi connectivity index (χ0) is 19.3. The summed E-state index contributed by atoms with van der Waals surface area (Å²) in [5.41, 5.74) is 2.17. The second-order valence-corrected chi connectivity index (χ2v) is 7.54. The maximum Gasteiger partial charge on any atom is 0.151 e. The van der Waals surface area contributed by atoms with Gasteiger partial charge < -0.3 is 14.4 Å². The van der Waals surface area contributed by atoms with Crippen molar-refractivity contribution in [3.63, 3.8) is 0 Å². The molecule has 0 amide bonds. The molecule has 0 aliphatic carbocycles. The molecule has 0 atom stereocenters. The fourth-order valence-electron chi connectivity index (χ4n) is 3.92. The fraction of sp³-hybridized carbons (Fsp3) is 0.571. The van der Waals surface area contributed by atoms with E-state index in [0.29, 0.717) is 0 Å². The molecule has 2 aliphatic heterocycles. The van der Waals surface area contributed by atoms with Crippen molar-refractivity contribution in [2.45, 2.75) is 6.92 Å². The van der Waals surface area contributed by atoms with Crippen molar-refractivity contribution >= 4 is 5.82 Å². The summed E-state index contributed by atoms with van der Waals surface area (Å²) in [5, 5.41) is 4.87. The molecular formula is C21H31N5O2. The minimum atomic E-state index is 0.850. The van der Waals surface area contributed by atoms with Gasteiger partial charge in [-0.2, -0.15) is 5.10 Å². The second-order valence-electron chi connectivity index (χ2n) is 7.54. The SMILES string of the molecule is COc1cccc(-n2nc(N3CCN(CCN4CCOCC4)CC3)cc2C)c1. The highest BCUT2D eigenvalue weighted by molar-refractivity contribution is 5.46. The highest BCUT2D eigenvalue weighted by atomic mass is 16.5. The van der Waals surface area contributed by atoms with Crippen LogP contribution in [-0.2, 0) is 4.74 Å². The van der Waals surface area contributed by atoms with E-state index in [4.69, 9.17) is 14.6 Å². The minimum absolute atomic E-state index is 0.850. The summed E-state index contributed by atoms with van der Waals surface area (Å²) >= 11 is 0. The van der Waals surface area contributed by atoms with E-state index in [1.165, 1.54) is 0 Å². The number of anilines is 1. The monoisotopic (exact) mass is 385 g/mol. The number of ether oxygens (including phenoxy) is 2. The van der Waals surface area contributed by atoms with Crippen molar-refractivity contribution in [3.05, 3.63) is 36.0 Å². The van der Waals surface area contributed by atoms with Crippen LogP contribution in [0, 0.1) is 6.92 Å². The van der Waals surface area contributed by atoms with Gasteiger partial charge in [0.25, 0.3) is 0 Å². The van der Waals surface area contributed by atoms with Gasteiger partial charge in [-0.25, -0.2) is 4.68 Å². The number of benzene rings is 1. The molecule has 3 heterocycles. The molecule has 4 rings (SSSR count). The predicted octanol–water partition coefficient (Wildman–Crippen LogP) is 1.64. The molecule has 0 radical (unpaired) electrons. The third kappa shape index (κ3) is 4.48. The second kappa shape index (κ2) is 8.94. The first-order valence-corrected chi connectivity index (χ1v) is 10.2. The van der Waals surface area contributed by atoms with E-state index < -0.39 is 0 Å². The Kier molecular flexibility index (Phi) is 6.14. The summed E-state index contributed by atoms with van der Waals surface area (Å²) < 4.78 is 12.8. The molecule has 2 aromatic rings. The average molecular weight is 386 g/mol. The van der Waals surface area contributed by atoms with Crippen molar-refractivity contribution in [1.82, 2.24) is 19.6 Å². The van der Waals surface area contributed by atoms with E-state index >= 15 is 0 Å². The highest BCUT2D eigenvalue weighted by Gasteiger charge is 2.21. The number of aryl methyl sites for hydroxylation is 1. The number of hydrogen-bond donors (Lipinski definition) is 0. The maximum atomic E-state index is 5.43. The lowest BCUT2D eigenvalue weighted by Crippen LogP contribution is -2.49. The smallest absolute Gasteiger partial charge is 0.151 e. The van der Waals surface area contributed by atoms with E-state index in [1.54, 1.807) is 7.11 Å². The summed E-state index contributed by atoms with van der Waals surface area (Å²) in [6.07, 6.45) is 0. The number of aromatic nitrogens is 2. The van der Waals surface area contributed by atoms with Crippen LogP contribution in [-0.4, -0.2) is 92.3 Å². The topological polar surface area (TPSA) is 46.0 Å². The molecule has 1 aromatic heterocycles. The molecule has 0 spiro atoms. The molecular weight excluding hydrogens is 354 g/mol. The molecule has 0 saturated carbocycles. The lowest BCUT2D eigenvalue weighted by Gasteiger charge is -2.36. The van der Waals surface area contributed by atoms with Crippen molar-refractivity contribution < 1.29 is 9.47 Å². The van der Waals surface area contributed by atoms with Gasteiger partial charge >= 0.3 is 0 Å². The molecule has 1 aromatic carbocycles. The van der Waals surface area contributed by atoms with Crippen molar-refractivity contribution in [3.8, 4) is 11.4 Å². The molecule has 28 heavy (non-hydrogen) atoms. The van der Waals surface area contributed by atoms with Crippen molar-refractivity contribution in [2.75, 3.05) is 77.6 Å². The third-order valence-electron chi connectivity index (χ3n) is 5.70. The number of piperazine rings is 1. The molecule has 7 heteroatoms. The minimum Gasteiger partial charge on any atom is -0.497 e. The zero-order valence-corrected chi connectivity index (χ0v) is 17.0. The van der Waals surface area contributed by atoms with Crippen molar-refractivity contribution in [1.29, 1.82) is 0 Å². The summed E-state index contributed by atoms with van der Waals surface area (Å²) in [6.45, 7) is 12.5. The number of rotatable bonds is 6. The number of hydrogen-bond acceptors (Lipinski definition) is 6. The van der Waals surface area contributed by atoms with Crippen LogP contribution in [0.15, 0.2) is 30.3 Å². The van der Waals surface area contributed by atoms with Crippen LogP contribution in [0.4, 0.5) is 5.82 Å². The Hall–Kier alpha value is -2.09. The molecule has 2 aliphatic rings. The first-order chi connectivity index (χ1) is 13.7. The Labute approximate surface area is 167 Å². The van der Waals surface area contributed by atoms with Crippen LogP contribution in [0.25, 0.3) is 5.69 Å². The van der Waals surface area contributed by atoms with Crippen LogP contribution in [0.3, 0.4) is 0 Å². The van der Waals surface area contributed by atoms with Crippen molar-refractivity contribution in [2.24, 2.45) is 0 Å². The standard InChI is InChI=1S/C21H31N5O2/c1-18-16-21(22-26(18)19-4-3-5-20(17-19)27-2)25-10-8-23(9-11-25)6-7-24-12-14-28-15-13-24/h3-5,16-17H,6-15H2,1-2H3. The molecule has 2 saturated heterocycles. The van der Waals surface area contributed by atoms with Crippen LogP contribution in [0.5, 0.6) is 5.75 Å². The molecule has 7 nitrogen and oxygen atoms in total. The maximum absolute atomic E-state index is 5.43. The van der Waals surface area contributed by atoms with E-state index in [9.17, 15) is 0 Å². The Morgan fingerprint density at radius 1 is 0.964 bits per heavy atom. The van der Waals surface area contributed by atoms with Gasteiger partial charge in [-0.1, -0.05) is 6.07 Å². The predicted molar refractivity (Wildman–Crippen MR) is 111 cm³/mol. The lowest BCUT2D eigenvalue weighted by atomic mass is 10.3. The fourth-order valence-corrected chi connectivity index (χ4v) is 3.92. The Bertz CT molecular complexity index is 764. The van der Waals surface area contributed by atoms with Gasteiger partial charge in [-0.05, 0) is 19.1 Å². The molecule has 2 fully saturated rings. The lowest BCUT2D eigenvalue weighted by molar-refractivity contribution is 0.0331. The highest BCUT2D eigenvalue weighted by Crippen LogP contribution is 2.22. The van der Waals surface area contributed by atoms with Gasteiger partial charge in [0, 0.05) is 70.2 Å². The van der Waals surface area contributed by atoms with E-state index in [0.717, 1.165) is 88.5 Å². The first kappa shape index (κ1) is 19.2.